The summed E-state index contributed by atoms with van der Waals surface area (Å²) in [6.45, 7) is 5.05. The van der Waals surface area contributed by atoms with E-state index in [4.69, 9.17) is 4.98 Å². The molecule has 0 unspecified atom stereocenters. The summed E-state index contributed by atoms with van der Waals surface area (Å²) in [7, 11) is 0. The standard InChI is InChI=1S/C21H23N3OS/c1-15(2)7-12-23-20(25)13-16-3-5-17(6-4-16)19-14-26-21(24-19)18-8-10-22-11-9-18/h3-6,8-11,14-15H,7,12-13H2,1-2H3,(H,23,25). The molecule has 3 rings (SSSR count). The summed E-state index contributed by atoms with van der Waals surface area (Å²) in [5, 5.41) is 6.02. The maximum atomic E-state index is 12.0. The van der Waals surface area contributed by atoms with Crippen molar-refractivity contribution in [1.29, 1.82) is 0 Å². The lowest BCUT2D eigenvalue weighted by atomic mass is 10.1. The Kier molecular flexibility index (Phi) is 6.12. The number of pyridine rings is 1. The van der Waals surface area contributed by atoms with Gasteiger partial charge in [-0.1, -0.05) is 38.1 Å². The third kappa shape index (κ3) is 4.99. The summed E-state index contributed by atoms with van der Waals surface area (Å²) in [6.07, 6.45) is 4.97. The van der Waals surface area contributed by atoms with Gasteiger partial charge in [-0.25, -0.2) is 4.98 Å². The zero-order valence-corrected chi connectivity index (χ0v) is 15.9. The van der Waals surface area contributed by atoms with Crippen molar-refractivity contribution < 1.29 is 4.79 Å². The van der Waals surface area contributed by atoms with Crippen molar-refractivity contribution in [3.05, 3.63) is 59.7 Å². The highest BCUT2D eigenvalue weighted by molar-refractivity contribution is 7.13. The minimum absolute atomic E-state index is 0.0760. The maximum Gasteiger partial charge on any atom is 0.224 e. The molecule has 4 nitrogen and oxygen atoms in total. The van der Waals surface area contributed by atoms with E-state index in [1.165, 1.54) is 0 Å². The van der Waals surface area contributed by atoms with Gasteiger partial charge < -0.3 is 5.32 Å². The summed E-state index contributed by atoms with van der Waals surface area (Å²) < 4.78 is 0. The maximum absolute atomic E-state index is 12.0. The molecular weight excluding hydrogens is 342 g/mol. The normalized spacial score (nSPS) is 10.9. The van der Waals surface area contributed by atoms with E-state index in [2.05, 4.69) is 29.5 Å². The minimum atomic E-state index is 0.0760. The molecule has 0 spiro atoms. The highest BCUT2D eigenvalue weighted by Crippen LogP contribution is 2.28. The van der Waals surface area contributed by atoms with Gasteiger partial charge in [-0.3, -0.25) is 9.78 Å². The molecular formula is C21H23N3OS. The Morgan fingerprint density at radius 2 is 1.81 bits per heavy atom. The third-order valence-electron chi connectivity index (χ3n) is 4.09. The van der Waals surface area contributed by atoms with Gasteiger partial charge in [0.15, 0.2) is 0 Å². The van der Waals surface area contributed by atoms with Crippen LogP contribution in [0.1, 0.15) is 25.8 Å². The summed E-state index contributed by atoms with van der Waals surface area (Å²) in [6, 6.07) is 12.0. The molecule has 1 amide bonds. The predicted molar refractivity (Wildman–Crippen MR) is 107 cm³/mol. The zero-order valence-electron chi connectivity index (χ0n) is 15.1. The number of benzene rings is 1. The SMILES string of the molecule is CC(C)CCNC(=O)Cc1ccc(-c2csc(-c3ccncc3)n2)cc1. The van der Waals surface area contributed by atoms with Crippen LogP contribution in [0.15, 0.2) is 54.2 Å². The predicted octanol–water partition coefficient (Wildman–Crippen LogP) is 4.58. The fraction of sp³-hybridized carbons (Fsp3) is 0.286. The summed E-state index contributed by atoms with van der Waals surface area (Å²) in [4.78, 5) is 20.7. The second kappa shape index (κ2) is 8.72. The molecule has 0 aliphatic rings. The fourth-order valence-corrected chi connectivity index (χ4v) is 3.41. The fourth-order valence-electron chi connectivity index (χ4n) is 2.57. The second-order valence-electron chi connectivity index (χ2n) is 6.68. The van der Waals surface area contributed by atoms with Gasteiger partial charge in [-0.05, 0) is 30.0 Å². The zero-order chi connectivity index (χ0) is 18.4. The van der Waals surface area contributed by atoms with E-state index in [1.54, 1.807) is 23.7 Å². The van der Waals surface area contributed by atoms with Gasteiger partial charge in [0.1, 0.15) is 5.01 Å². The number of nitrogens with one attached hydrogen (secondary N) is 1. The average Bonchev–Trinajstić information content (AvgIpc) is 3.13. The van der Waals surface area contributed by atoms with Crippen LogP contribution in [-0.4, -0.2) is 22.4 Å². The molecule has 0 atom stereocenters. The van der Waals surface area contributed by atoms with E-state index in [1.807, 2.05) is 36.4 Å². The Morgan fingerprint density at radius 1 is 1.08 bits per heavy atom. The molecule has 1 aromatic carbocycles. The molecule has 26 heavy (non-hydrogen) atoms. The highest BCUT2D eigenvalue weighted by Gasteiger charge is 2.08. The van der Waals surface area contributed by atoms with Crippen LogP contribution in [0.2, 0.25) is 0 Å². The number of thiazole rings is 1. The molecule has 0 bridgehead atoms. The van der Waals surface area contributed by atoms with Crippen LogP contribution in [0.25, 0.3) is 21.8 Å². The third-order valence-corrected chi connectivity index (χ3v) is 4.98. The first-order valence-electron chi connectivity index (χ1n) is 8.84. The van der Waals surface area contributed by atoms with E-state index < -0.39 is 0 Å². The molecule has 2 heterocycles. The van der Waals surface area contributed by atoms with Crippen molar-refractivity contribution in [3.8, 4) is 21.8 Å². The summed E-state index contributed by atoms with van der Waals surface area (Å²) >= 11 is 1.62. The number of carbonyl (C=O) groups is 1. The molecule has 3 aromatic rings. The lowest BCUT2D eigenvalue weighted by Crippen LogP contribution is -2.26. The molecule has 0 radical (unpaired) electrons. The lowest BCUT2D eigenvalue weighted by Gasteiger charge is -2.07. The number of amides is 1. The first-order chi connectivity index (χ1) is 12.6. The van der Waals surface area contributed by atoms with Crippen LogP contribution >= 0.6 is 11.3 Å². The van der Waals surface area contributed by atoms with Crippen LogP contribution in [0.5, 0.6) is 0 Å². The van der Waals surface area contributed by atoms with Gasteiger partial charge in [-0.15, -0.1) is 11.3 Å². The minimum Gasteiger partial charge on any atom is -0.356 e. The molecule has 5 heteroatoms. The van der Waals surface area contributed by atoms with Crippen molar-refractivity contribution in [2.45, 2.75) is 26.7 Å². The lowest BCUT2D eigenvalue weighted by molar-refractivity contribution is -0.120. The quantitative estimate of drug-likeness (QED) is 0.667. The first kappa shape index (κ1) is 18.3. The molecule has 0 aliphatic heterocycles. The van der Waals surface area contributed by atoms with E-state index in [-0.39, 0.29) is 5.91 Å². The van der Waals surface area contributed by atoms with E-state index in [0.29, 0.717) is 12.3 Å². The Bertz CT molecular complexity index is 841. The van der Waals surface area contributed by atoms with Crippen LogP contribution in [0.4, 0.5) is 0 Å². The van der Waals surface area contributed by atoms with Gasteiger partial charge in [0.05, 0.1) is 12.1 Å². The van der Waals surface area contributed by atoms with E-state index in [0.717, 1.165) is 40.4 Å². The largest absolute Gasteiger partial charge is 0.356 e. The van der Waals surface area contributed by atoms with Crippen molar-refractivity contribution in [2.24, 2.45) is 5.92 Å². The number of hydrogen-bond donors (Lipinski definition) is 1. The Balaban J connectivity index is 1.61. The topological polar surface area (TPSA) is 54.9 Å². The van der Waals surface area contributed by atoms with Crippen LogP contribution in [-0.2, 0) is 11.2 Å². The Hall–Kier alpha value is -2.53. The smallest absolute Gasteiger partial charge is 0.224 e. The number of nitrogens with zero attached hydrogens (tertiary/aromatic N) is 2. The number of hydrogen-bond acceptors (Lipinski definition) is 4. The van der Waals surface area contributed by atoms with Gasteiger partial charge in [0, 0.05) is 35.4 Å². The molecule has 2 aromatic heterocycles. The van der Waals surface area contributed by atoms with Crippen molar-refractivity contribution in [2.75, 3.05) is 6.54 Å². The molecule has 0 fully saturated rings. The van der Waals surface area contributed by atoms with Crippen LogP contribution in [0.3, 0.4) is 0 Å². The van der Waals surface area contributed by atoms with E-state index >= 15 is 0 Å². The van der Waals surface area contributed by atoms with Crippen molar-refractivity contribution in [1.82, 2.24) is 15.3 Å². The Morgan fingerprint density at radius 3 is 2.50 bits per heavy atom. The molecule has 0 aliphatic carbocycles. The monoisotopic (exact) mass is 365 g/mol. The van der Waals surface area contributed by atoms with Crippen LogP contribution < -0.4 is 5.32 Å². The van der Waals surface area contributed by atoms with E-state index in [9.17, 15) is 4.79 Å². The highest BCUT2D eigenvalue weighted by atomic mass is 32.1. The summed E-state index contributed by atoms with van der Waals surface area (Å²) in [5.41, 5.74) is 4.10. The molecule has 134 valence electrons. The van der Waals surface area contributed by atoms with Gasteiger partial charge in [0.25, 0.3) is 0 Å². The average molecular weight is 366 g/mol. The summed E-state index contributed by atoms with van der Waals surface area (Å²) in [5.74, 6) is 0.678. The van der Waals surface area contributed by atoms with Crippen molar-refractivity contribution >= 4 is 17.2 Å². The van der Waals surface area contributed by atoms with Gasteiger partial charge >= 0.3 is 0 Å². The second-order valence-corrected chi connectivity index (χ2v) is 7.54. The number of aromatic nitrogens is 2. The molecule has 0 saturated carbocycles. The van der Waals surface area contributed by atoms with Crippen LogP contribution in [0, 0.1) is 5.92 Å². The number of rotatable bonds is 7. The van der Waals surface area contributed by atoms with Gasteiger partial charge in [0.2, 0.25) is 5.91 Å². The van der Waals surface area contributed by atoms with Crippen molar-refractivity contribution in [3.63, 3.8) is 0 Å². The molecule has 0 saturated heterocycles. The van der Waals surface area contributed by atoms with Gasteiger partial charge in [-0.2, -0.15) is 0 Å². The Labute approximate surface area is 158 Å². The molecule has 1 N–H and O–H groups in total. The first-order valence-corrected chi connectivity index (χ1v) is 9.71. The number of carbonyl (C=O) groups excluding carboxylic acids is 1.